The molecule has 0 aliphatic carbocycles. The van der Waals surface area contributed by atoms with Gasteiger partial charge in [-0.15, -0.1) is 0 Å². The number of fused-ring (bicyclic) bond motifs is 1. The molecule has 156 valence electrons. The second kappa shape index (κ2) is 7.96. The summed E-state index contributed by atoms with van der Waals surface area (Å²) in [7, 11) is 0. The van der Waals surface area contributed by atoms with Crippen LogP contribution in [-0.2, 0) is 11.3 Å². The van der Waals surface area contributed by atoms with Gasteiger partial charge < -0.3 is 10.2 Å². The lowest BCUT2D eigenvalue weighted by Gasteiger charge is -2.37. The molecular formula is C25H23FN4O. The van der Waals surface area contributed by atoms with Gasteiger partial charge in [0.25, 0.3) is 0 Å². The minimum Gasteiger partial charge on any atom is -0.329 e. The number of amides is 1. The number of nitrogens with zero attached hydrogens (tertiary/aromatic N) is 3. The molecular weight excluding hydrogens is 391 g/mol. The number of carbonyl (C=O) groups is 1. The minimum atomic E-state index is -0.272. The van der Waals surface area contributed by atoms with Crippen molar-refractivity contribution >= 4 is 16.8 Å². The maximum absolute atomic E-state index is 13.3. The van der Waals surface area contributed by atoms with Crippen molar-refractivity contribution in [3.8, 4) is 5.69 Å². The van der Waals surface area contributed by atoms with Gasteiger partial charge in [0.1, 0.15) is 5.82 Å². The fourth-order valence-corrected chi connectivity index (χ4v) is 4.30. The highest BCUT2D eigenvalue weighted by Gasteiger charge is 2.30. The Morgan fingerprint density at radius 1 is 1.10 bits per heavy atom. The highest BCUT2D eigenvalue weighted by molar-refractivity contribution is 5.83. The lowest BCUT2D eigenvalue weighted by atomic mass is 9.96. The van der Waals surface area contributed by atoms with Gasteiger partial charge in [0.05, 0.1) is 30.0 Å². The number of nitrogens with one attached hydrogen (secondary N) is 1. The van der Waals surface area contributed by atoms with Gasteiger partial charge in [-0.25, -0.2) is 9.07 Å². The van der Waals surface area contributed by atoms with Crippen molar-refractivity contribution < 1.29 is 9.18 Å². The van der Waals surface area contributed by atoms with E-state index >= 15 is 0 Å². The van der Waals surface area contributed by atoms with Crippen molar-refractivity contribution in [1.29, 1.82) is 0 Å². The number of carbonyl (C=O) groups excluding carboxylic acids is 1. The van der Waals surface area contributed by atoms with Gasteiger partial charge in [-0.1, -0.05) is 30.3 Å². The fraction of sp³-hybridized carbons (Fsp3) is 0.200. The van der Waals surface area contributed by atoms with Crippen LogP contribution in [0.1, 0.15) is 22.7 Å². The van der Waals surface area contributed by atoms with Crippen LogP contribution in [0.4, 0.5) is 4.39 Å². The summed E-state index contributed by atoms with van der Waals surface area (Å²) in [6.07, 6.45) is 1.82. The largest absolute Gasteiger partial charge is 0.329 e. The molecule has 0 bridgehead atoms. The first-order valence-corrected chi connectivity index (χ1v) is 10.4. The third kappa shape index (κ3) is 3.70. The maximum atomic E-state index is 13.3. The molecule has 1 aromatic heterocycles. The number of hydrogen-bond donors (Lipinski definition) is 1. The number of aryl methyl sites for hydroxylation is 1. The van der Waals surface area contributed by atoms with Crippen molar-refractivity contribution in [2.45, 2.75) is 19.5 Å². The predicted molar refractivity (Wildman–Crippen MR) is 118 cm³/mol. The Balaban J connectivity index is 1.53. The van der Waals surface area contributed by atoms with Crippen LogP contribution in [0.15, 0.2) is 72.9 Å². The molecule has 31 heavy (non-hydrogen) atoms. The van der Waals surface area contributed by atoms with E-state index in [1.807, 2.05) is 34.0 Å². The van der Waals surface area contributed by atoms with E-state index in [2.05, 4.69) is 41.6 Å². The molecule has 1 unspecified atom stereocenters. The molecule has 6 heteroatoms. The zero-order chi connectivity index (χ0) is 21.4. The normalized spacial score (nSPS) is 16.8. The summed E-state index contributed by atoms with van der Waals surface area (Å²) in [6, 6.07) is 20.6. The molecule has 5 nitrogen and oxygen atoms in total. The third-order valence-corrected chi connectivity index (χ3v) is 5.89. The van der Waals surface area contributed by atoms with E-state index in [0.29, 0.717) is 19.6 Å². The molecule has 0 spiro atoms. The van der Waals surface area contributed by atoms with Crippen LogP contribution in [-0.4, -0.2) is 33.7 Å². The molecule has 2 heterocycles. The SMILES string of the molecule is Cc1cc2c(cnn2-c2ccc(F)cc2)cc1C1CNCC(=O)N1Cc1ccccc1. The van der Waals surface area contributed by atoms with Crippen LogP contribution in [0, 0.1) is 12.7 Å². The van der Waals surface area contributed by atoms with Crippen molar-refractivity contribution in [3.63, 3.8) is 0 Å². The number of halogens is 1. The summed E-state index contributed by atoms with van der Waals surface area (Å²) >= 11 is 0. The van der Waals surface area contributed by atoms with Crippen molar-refractivity contribution in [1.82, 2.24) is 20.0 Å². The Morgan fingerprint density at radius 3 is 2.65 bits per heavy atom. The predicted octanol–water partition coefficient (Wildman–Crippen LogP) is 4.15. The van der Waals surface area contributed by atoms with Crippen molar-refractivity contribution in [2.75, 3.05) is 13.1 Å². The van der Waals surface area contributed by atoms with Crippen LogP contribution in [0.2, 0.25) is 0 Å². The quantitative estimate of drug-likeness (QED) is 0.546. The summed E-state index contributed by atoms with van der Waals surface area (Å²) in [6.45, 7) is 3.71. The average molecular weight is 414 g/mol. The summed E-state index contributed by atoms with van der Waals surface area (Å²) in [5.74, 6) is -0.173. The Bertz CT molecular complexity index is 1230. The van der Waals surface area contributed by atoms with E-state index in [-0.39, 0.29) is 17.8 Å². The molecule has 0 saturated carbocycles. The number of hydrogen-bond acceptors (Lipinski definition) is 3. The van der Waals surface area contributed by atoms with E-state index < -0.39 is 0 Å². The second-order valence-corrected chi connectivity index (χ2v) is 7.95. The highest BCUT2D eigenvalue weighted by atomic mass is 19.1. The Kier molecular flexibility index (Phi) is 5.00. The van der Waals surface area contributed by atoms with Crippen LogP contribution in [0.5, 0.6) is 0 Å². The molecule has 0 radical (unpaired) electrons. The zero-order valence-corrected chi connectivity index (χ0v) is 17.3. The fourth-order valence-electron chi connectivity index (χ4n) is 4.30. The van der Waals surface area contributed by atoms with E-state index in [0.717, 1.165) is 33.3 Å². The standard InChI is InChI=1S/C25H23FN4O/c1-17-11-23-19(13-28-30(23)21-9-7-20(26)8-10-21)12-22(17)24-14-27-15-25(31)29(24)16-18-5-3-2-4-6-18/h2-13,24,27H,14-16H2,1H3. The van der Waals surface area contributed by atoms with Crippen LogP contribution >= 0.6 is 0 Å². The summed E-state index contributed by atoms with van der Waals surface area (Å²) < 4.78 is 15.1. The van der Waals surface area contributed by atoms with Gasteiger partial charge in [-0.3, -0.25) is 4.79 Å². The molecule has 1 N–H and O–H groups in total. The van der Waals surface area contributed by atoms with Gasteiger partial charge in [0.2, 0.25) is 5.91 Å². The first kappa shape index (κ1) is 19.5. The Hall–Kier alpha value is -3.51. The topological polar surface area (TPSA) is 50.2 Å². The van der Waals surface area contributed by atoms with Crippen LogP contribution in [0.3, 0.4) is 0 Å². The van der Waals surface area contributed by atoms with Gasteiger partial charge in [0, 0.05) is 18.5 Å². The maximum Gasteiger partial charge on any atom is 0.237 e. The molecule has 1 saturated heterocycles. The van der Waals surface area contributed by atoms with Gasteiger partial charge >= 0.3 is 0 Å². The van der Waals surface area contributed by atoms with Crippen molar-refractivity contribution in [2.24, 2.45) is 0 Å². The van der Waals surface area contributed by atoms with Gasteiger partial charge in [0.15, 0.2) is 0 Å². The number of aromatic nitrogens is 2. The van der Waals surface area contributed by atoms with E-state index in [9.17, 15) is 9.18 Å². The first-order valence-electron chi connectivity index (χ1n) is 10.4. The summed E-state index contributed by atoms with van der Waals surface area (Å²) in [5, 5.41) is 8.77. The highest BCUT2D eigenvalue weighted by Crippen LogP contribution is 2.31. The molecule has 1 aliphatic rings. The molecule has 5 rings (SSSR count). The van der Waals surface area contributed by atoms with Gasteiger partial charge in [-0.05, 0) is 60.0 Å². The smallest absolute Gasteiger partial charge is 0.237 e. The number of piperazine rings is 1. The van der Waals surface area contributed by atoms with Crippen molar-refractivity contribution in [3.05, 3.63) is 95.4 Å². The Morgan fingerprint density at radius 2 is 1.87 bits per heavy atom. The number of rotatable bonds is 4. The zero-order valence-electron chi connectivity index (χ0n) is 17.3. The third-order valence-electron chi connectivity index (χ3n) is 5.89. The molecule has 1 fully saturated rings. The lowest BCUT2D eigenvalue weighted by molar-refractivity contribution is -0.135. The monoisotopic (exact) mass is 414 g/mol. The van der Waals surface area contributed by atoms with Crippen LogP contribution < -0.4 is 5.32 Å². The molecule has 1 amide bonds. The van der Waals surface area contributed by atoms with E-state index in [1.54, 1.807) is 12.1 Å². The second-order valence-electron chi connectivity index (χ2n) is 7.95. The number of benzene rings is 3. The molecule has 1 atom stereocenters. The summed E-state index contributed by atoms with van der Waals surface area (Å²) in [4.78, 5) is 14.8. The molecule has 1 aliphatic heterocycles. The van der Waals surface area contributed by atoms with E-state index in [1.165, 1.54) is 12.1 Å². The molecule has 3 aromatic carbocycles. The molecule has 4 aromatic rings. The minimum absolute atomic E-state index is 0.0555. The lowest BCUT2D eigenvalue weighted by Crippen LogP contribution is -2.49. The Labute approximate surface area is 180 Å². The summed E-state index contributed by atoms with van der Waals surface area (Å²) in [5.41, 5.74) is 5.09. The first-order chi connectivity index (χ1) is 15.1. The van der Waals surface area contributed by atoms with E-state index in [4.69, 9.17) is 0 Å². The average Bonchev–Trinajstić information content (AvgIpc) is 3.18. The van der Waals surface area contributed by atoms with Gasteiger partial charge in [-0.2, -0.15) is 5.10 Å². The van der Waals surface area contributed by atoms with Crippen LogP contribution in [0.25, 0.3) is 16.6 Å².